The summed E-state index contributed by atoms with van der Waals surface area (Å²) >= 11 is 5.97. The average Bonchev–Trinajstić information content (AvgIpc) is 2.31. The van der Waals surface area contributed by atoms with Gasteiger partial charge in [0.1, 0.15) is 10.9 Å². The van der Waals surface area contributed by atoms with E-state index in [4.69, 9.17) is 17.3 Å². The van der Waals surface area contributed by atoms with Gasteiger partial charge in [0.25, 0.3) is 5.91 Å². The maximum Gasteiger partial charge on any atom is 0.323 e. The molecule has 1 saturated heterocycles. The van der Waals surface area contributed by atoms with Crippen LogP contribution in [0.1, 0.15) is 6.92 Å². The number of hydrogen-bond donors (Lipinski definition) is 1. The van der Waals surface area contributed by atoms with Gasteiger partial charge in [0, 0.05) is 0 Å². The molecule has 0 aliphatic carbocycles. The predicted octanol–water partition coefficient (Wildman–Crippen LogP) is 0.835. The minimum atomic E-state index is -1.06. The van der Waals surface area contributed by atoms with E-state index in [0.717, 1.165) is 16.7 Å². The number of carbonyl (C=O) groups is 2. The number of aliphatic carboxylic acids is 1. The van der Waals surface area contributed by atoms with Crippen molar-refractivity contribution in [3.63, 3.8) is 0 Å². The van der Waals surface area contributed by atoms with Crippen molar-refractivity contribution in [2.24, 2.45) is 0 Å². The van der Waals surface area contributed by atoms with E-state index in [2.05, 4.69) is 0 Å². The Morgan fingerprint density at radius 2 is 2.38 bits per heavy atom. The van der Waals surface area contributed by atoms with E-state index in [1.165, 1.54) is 0 Å². The van der Waals surface area contributed by atoms with Crippen LogP contribution >= 0.6 is 24.0 Å². The molecule has 1 fully saturated rings. The lowest BCUT2D eigenvalue weighted by atomic mass is 10.4. The Labute approximate surface area is 84.6 Å². The topological polar surface area (TPSA) is 57.6 Å². The van der Waals surface area contributed by atoms with Crippen molar-refractivity contribution in [2.75, 3.05) is 6.54 Å². The lowest BCUT2D eigenvalue weighted by molar-refractivity contribution is -0.140. The minimum Gasteiger partial charge on any atom is -0.480 e. The first kappa shape index (κ1) is 10.2. The summed E-state index contributed by atoms with van der Waals surface area (Å²) < 4.78 is 0.306. The third-order valence-electron chi connectivity index (χ3n) is 1.43. The second-order valence-electron chi connectivity index (χ2n) is 2.31. The van der Waals surface area contributed by atoms with Gasteiger partial charge in [-0.15, -0.1) is 0 Å². The first-order valence-corrected chi connectivity index (χ1v) is 4.70. The molecule has 0 atom stereocenters. The van der Waals surface area contributed by atoms with Gasteiger partial charge in [-0.3, -0.25) is 14.5 Å². The van der Waals surface area contributed by atoms with Crippen molar-refractivity contribution in [3.05, 3.63) is 11.0 Å². The Kier molecular flexibility index (Phi) is 3.05. The van der Waals surface area contributed by atoms with Gasteiger partial charge < -0.3 is 5.11 Å². The third kappa shape index (κ3) is 2.07. The van der Waals surface area contributed by atoms with Gasteiger partial charge in [0.05, 0.1) is 4.91 Å². The van der Waals surface area contributed by atoms with Gasteiger partial charge >= 0.3 is 5.97 Å². The van der Waals surface area contributed by atoms with E-state index in [0.29, 0.717) is 9.23 Å². The predicted molar refractivity (Wildman–Crippen MR) is 53.3 cm³/mol. The van der Waals surface area contributed by atoms with Crippen molar-refractivity contribution in [3.8, 4) is 0 Å². The first-order chi connectivity index (χ1) is 6.06. The van der Waals surface area contributed by atoms with Crippen molar-refractivity contribution >= 4 is 40.2 Å². The van der Waals surface area contributed by atoms with E-state index in [1.54, 1.807) is 13.0 Å². The molecule has 70 valence electrons. The Balaban J connectivity index is 2.82. The summed E-state index contributed by atoms with van der Waals surface area (Å²) in [5, 5.41) is 8.49. The number of nitrogens with zero attached hydrogens (tertiary/aromatic N) is 1. The zero-order valence-electron chi connectivity index (χ0n) is 6.81. The van der Waals surface area contributed by atoms with Gasteiger partial charge in [-0.2, -0.15) is 0 Å². The summed E-state index contributed by atoms with van der Waals surface area (Å²) in [5.41, 5.74) is 0. The maximum atomic E-state index is 11.4. The third-order valence-corrected chi connectivity index (χ3v) is 2.92. The van der Waals surface area contributed by atoms with Crippen LogP contribution in [-0.2, 0) is 9.59 Å². The maximum absolute atomic E-state index is 11.4. The molecule has 1 N–H and O–H groups in total. The van der Waals surface area contributed by atoms with Crippen LogP contribution in [0.2, 0.25) is 0 Å². The van der Waals surface area contributed by atoms with Gasteiger partial charge in [-0.25, -0.2) is 0 Å². The van der Waals surface area contributed by atoms with Crippen LogP contribution in [0, 0.1) is 0 Å². The Morgan fingerprint density at radius 1 is 1.77 bits per heavy atom. The molecule has 1 aliphatic rings. The monoisotopic (exact) mass is 217 g/mol. The highest BCUT2D eigenvalue weighted by Crippen LogP contribution is 2.30. The highest BCUT2D eigenvalue weighted by molar-refractivity contribution is 8.26. The SMILES string of the molecule is C/C=C1/SC(=S)N(CC(=O)O)C1=O. The standard InChI is InChI=1S/C7H7NO3S2/c1-2-4-6(11)8(3-5(9)10)7(12)13-4/h2H,3H2,1H3,(H,9,10)/b4-2+. The summed E-state index contributed by atoms with van der Waals surface area (Å²) in [6, 6.07) is 0. The molecule has 1 amide bonds. The second kappa shape index (κ2) is 3.89. The highest BCUT2D eigenvalue weighted by Gasteiger charge is 2.32. The van der Waals surface area contributed by atoms with Gasteiger partial charge in [0.15, 0.2) is 0 Å². The molecule has 4 nitrogen and oxygen atoms in total. The molecule has 13 heavy (non-hydrogen) atoms. The highest BCUT2D eigenvalue weighted by atomic mass is 32.2. The fourth-order valence-corrected chi connectivity index (χ4v) is 2.04. The van der Waals surface area contributed by atoms with Gasteiger partial charge in [-0.05, 0) is 6.92 Å². The number of hydrogen-bond acceptors (Lipinski definition) is 4. The molecule has 0 saturated carbocycles. The molecular formula is C7H7NO3S2. The van der Waals surface area contributed by atoms with Crippen LogP contribution in [-0.4, -0.2) is 32.7 Å². The molecule has 1 heterocycles. The largest absolute Gasteiger partial charge is 0.480 e. The van der Waals surface area contributed by atoms with E-state index >= 15 is 0 Å². The summed E-state index contributed by atoms with van der Waals surface area (Å²) in [5.74, 6) is -1.38. The average molecular weight is 217 g/mol. The van der Waals surface area contributed by atoms with Crippen molar-refractivity contribution in [1.82, 2.24) is 4.90 Å². The quantitative estimate of drug-likeness (QED) is 0.548. The van der Waals surface area contributed by atoms with E-state index < -0.39 is 5.97 Å². The smallest absolute Gasteiger partial charge is 0.323 e. The number of carboxylic acid groups (broad SMARTS) is 1. The molecule has 0 aromatic rings. The van der Waals surface area contributed by atoms with Crippen LogP contribution in [0.3, 0.4) is 0 Å². The molecule has 6 heteroatoms. The van der Waals surface area contributed by atoms with E-state index in [-0.39, 0.29) is 12.5 Å². The van der Waals surface area contributed by atoms with Crippen molar-refractivity contribution in [1.29, 1.82) is 0 Å². The number of amides is 1. The van der Waals surface area contributed by atoms with Crippen LogP contribution in [0.25, 0.3) is 0 Å². The van der Waals surface area contributed by atoms with E-state index in [1.807, 2.05) is 0 Å². The first-order valence-electron chi connectivity index (χ1n) is 3.48. The summed E-state index contributed by atoms with van der Waals surface area (Å²) in [6.45, 7) is 1.36. The number of thioether (sulfide) groups is 1. The molecular weight excluding hydrogens is 210 g/mol. The van der Waals surface area contributed by atoms with Crippen molar-refractivity contribution in [2.45, 2.75) is 6.92 Å². The van der Waals surface area contributed by atoms with Crippen LogP contribution in [0.15, 0.2) is 11.0 Å². The van der Waals surface area contributed by atoms with Gasteiger partial charge in [-0.1, -0.05) is 30.1 Å². The lowest BCUT2D eigenvalue weighted by Gasteiger charge is -2.09. The number of thiocarbonyl (C=S) groups is 1. The fourth-order valence-electron chi connectivity index (χ4n) is 0.863. The molecule has 0 unspecified atom stereocenters. The molecule has 0 spiro atoms. The van der Waals surface area contributed by atoms with Crippen molar-refractivity contribution < 1.29 is 14.7 Å². The second-order valence-corrected chi connectivity index (χ2v) is 3.98. The zero-order valence-corrected chi connectivity index (χ0v) is 8.44. The number of allylic oxidation sites excluding steroid dienone is 1. The van der Waals surface area contributed by atoms with E-state index in [9.17, 15) is 9.59 Å². The van der Waals surface area contributed by atoms with Crippen LogP contribution < -0.4 is 0 Å². The Bertz CT molecular complexity index is 311. The summed E-state index contributed by atoms with van der Waals surface area (Å²) in [6.07, 6.45) is 1.63. The molecule has 0 radical (unpaired) electrons. The number of rotatable bonds is 2. The normalized spacial score (nSPS) is 20.1. The lowest BCUT2D eigenvalue weighted by Crippen LogP contribution is -2.33. The Hall–Kier alpha value is -0.880. The Morgan fingerprint density at radius 3 is 2.77 bits per heavy atom. The number of carbonyl (C=O) groups excluding carboxylic acids is 1. The fraction of sp³-hybridized carbons (Fsp3) is 0.286. The minimum absolute atomic E-state index is 0.306. The van der Waals surface area contributed by atoms with Crippen LogP contribution in [0.5, 0.6) is 0 Å². The summed E-state index contributed by atoms with van der Waals surface area (Å²) in [4.78, 5) is 23.3. The molecule has 0 aromatic heterocycles. The van der Waals surface area contributed by atoms with Gasteiger partial charge in [0.2, 0.25) is 0 Å². The number of carboxylic acids is 1. The molecule has 1 aliphatic heterocycles. The molecule has 0 bridgehead atoms. The zero-order chi connectivity index (χ0) is 10.0. The van der Waals surface area contributed by atoms with Crippen LogP contribution in [0.4, 0.5) is 0 Å². The summed E-state index contributed by atoms with van der Waals surface area (Å²) in [7, 11) is 0. The molecule has 0 aromatic carbocycles. The molecule has 1 rings (SSSR count).